The van der Waals surface area contributed by atoms with Gasteiger partial charge in [0, 0.05) is 11.3 Å². The van der Waals surface area contributed by atoms with Crippen molar-refractivity contribution in [2.75, 3.05) is 5.32 Å². The van der Waals surface area contributed by atoms with Gasteiger partial charge in [-0.05, 0) is 42.3 Å². The number of nitrogens with one attached hydrogen (secondary N) is 1. The molecule has 0 fully saturated rings. The summed E-state index contributed by atoms with van der Waals surface area (Å²) in [6.45, 7) is 1.94. The van der Waals surface area contributed by atoms with Crippen molar-refractivity contribution in [3.8, 4) is 12.1 Å². The summed E-state index contributed by atoms with van der Waals surface area (Å²) in [6.07, 6.45) is 4.79. The third-order valence-electron chi connectivity index (χ3n) is 3.27. The molecule has 2 aromatic rings. The number of carbonyl (C=O) groups is 1. The van der Waals surface area contributed by atoms with Crippen LogP contribution in [0.2, 0.25) is 0 Å². The summed E-state index contributed by atoms with van der Waals surface area (Å²) in [5.41, 5.74) is 3.07. The van der Waals surface area contributed by atoms with Crippen molar-refractivity contribution in [2.45, 2.75) is 6.92 Å². The first-order chi connectivity index (χ1) is 11.6. The van der Waals surface area contributed by atoms with Crippen LogP contribution in [0.1, 0.15) is 21.5 Å². The highest BCUT2D eigenvalue weighted by atomic mass is 16.1. The van der Waals surface area contributed by atoms with Gasteiger partial charge in [-0.25, -0.2) is 0 Å². The Hall–Kier alpha value is -3.63. The van der Waals surface area contributed by atoms with Gasteiger partial charge in [0.1, 0.15) is 17.7 Å². The Morgan fingerprint density at radius 1 is 1.08 bits per heavy atom. The molecule has 0 radical (unpaired) electrons. The van der Waals surface area contributed by atoms with E-state index < -0.39 is 0 Å². The average Bonchev–Trinajstić information content (AvgIpc) is 2.61. The van der Waals surface area contributed by atoms with Crippen LogP contribution in [0.15, 0.2) is 66.3 Å². The maximum atomic E-state index is 12.3. The SMILES string of the molecule is Cc1ccc(/C=C/C=C(C#N)C#N)c(NC(=O)c2ccccc2)c1. The Balaban J connectivity index is 2.27. The molecule has 2 aromatic carbocycles. The normalized spacial score (nSPS) is 9.79. The van der Waals surface area contributed by atoms with Gasteiger partial charge >= 0.3 is 0 Å². The Labute approximate surface area is 141 Å². The molecule has 0 heterocycles. The van der Waals surface area contributed by atoms with Crippen molar-refractivity contribution in [1.82, 2.24) is 0 Å². The smallest absolute Gasteiger partial charge is 0.255 e. The number of allylic oxidation sites excluding steroid dienone is 3. The Morgan fingerprint density at radius 2 is 1.79 bits per heavy atom. The van der Waals surface area contributed by atoms with Crippen molar-refractivity contribution in [3.63, 3.8) is 0 Å². The first kappa shape index (κ1) is 16.7. The van der Waals surface area contributed by atoms with E-state index >= 15 is 0 Å². The van der Waals surface area contributed by atoms with Crippen LogP contribution >= 0.6 is 0 Å². The number of carbonyl (C=O) groups excluding carboxylic acids is 1. The third kappa shape index (κ3) is 4.43. The molecule has 1 amide bonds. The van der Waals surface area contributed by atoms with Gasteiger partial charge in [-0.2, -0.15) is 10.5 Å². The number of amides is 1. The third-order valence-corrected chi connectivity index (χ3v) is 3.27. The number of rotatable bonds is 4. The number of nitriles is 2. The zero-order valence-electron chi connectivity index (χ0n) is 13.2. The molecule has 0 aliphatic rings. The van der Waals surface area contributed by atoms with E-state index in [1.165, 1.54) is 6.08 Å². The van der Waals surface area contributed by atoms with Gasteiger partial charge in [0.2, 0.25) is 0 Å². The van der Waals surface area contributed by atoms with Crippen molar-refractivity contribution in [1.29, 1.82) is 10.5 Å². The minimum absolute atomic E-state index is 0.0215. The van der Waals surface area contributed by atoms with Crippen molar-refractivity contribution >= 4 is 17.7 Å². The lowest BCUT2D eigenvalue weighted by Gasteiger charge is -2.10. The summed E-state index contributed by atoms with van der Waals surface area (Å²) in [5, 5.41) is 20.3. The summed E-state index contributed by atoms with van der Waals surface area (Å²) in [4.78, 5) is 12.3. The fourth-order valence-electron chi connectivity index (χ4n) is 2.06. The Kier molecular flexibility index (Phi) is 5.66. The van der Waals surface area contributed by atoms with Gasteiger partial charge < -0.3 is 5.32 Å². The lowest BCUT2D eigenvalue weighted by Crippen LogP contribution is -2.12. The van der Waals surface area contributed by atoms with E-state index in [9.17, 15) is 4.79 Å². The predicted octanol–water partition coefficient (Wildman–Crippen LogP) is 4.23. The molecule has 0 saturated carbocycles. The zero-order chi connectivity index (χ0) is 17.4. The Bertz CT molecular complexity index is 865. The van der Waals surface area contributed by atoms with E-state index in [4.69, 9.17) is 10.5 Å². The molecule has 0 spiro atoms. The molecule has 0 unspecified atom stereocenters. The molecular weight excluding hydrogens is 298 g/mol. The van der Waals surface area contributed by atoms with Crippen LogP contribution in [0.5, 0.6) is 0 Å². The van der Waals surface area contributed by atoms with E-state index in [1.807, 2.05) is 43.3 Å². The average molecular weight is 313 g/mol. The molecule has 4 nitrogen and oxygen atoms in total. The Morgan fingerprint density at radius 3 is 2.46 bits per heavy atom. The highest BCUT2D eigenvalue weighted by molar-refractivity contribution is 6.05. The fourth-order valence-corrected chi connectivity index (χ4v) is 2.06. The lowest BCUT2D eigenvalue weighted by molar-refractivity contribution is 0.102. The van der Waals surface area contributed by atoms with Gasteiger partial charge in [0.15, 0.2) is 0 Å². The molecule has 0 atom stereocenters. The molecule has 24 heavy (non-hydrogen) atoms. The van der Waals surface area contributed by atoms with Gasteiger partial charge in [-0.15, -0.1) is 0 Å². The summed E-state index contributed by atoms with van der Waals surface area (Å²) in [5.74, 6) is -0.193. The van der Waals surface area contributed by atoms with Gasteiger partial charge in [-0.3, -0.25) is 4.79 Å². The monoisotopic (exact) mass is 313 g/mol. The second-order valence-electron chi connectivity index (χ2n) is 5.07. The molecule has 0 aliphatic carbocycles. The maximum absolute atomic E-state index is 12.3. The van der Waals surface area contributed by atoms with Crippen LogP contribution in [-0.2, 0) is 0 Å². The summed E-state index contributed by atoms with van der Waals surface area (Å²) in [7, 11) is 0. The summed E-state index contributed by atoms with van der Waals surface area (Å²) >= 11 is 0. The molecule has 4 heteroatoms. The molecule has 0 aromatic heterocycles. The highest BCUT2D eigenvalue weighted by Crippen LogP contribution is 2.20. The number of hydrogen-bond acceptors (Lipinski definition) is 3. The number of aryl methyl sites for hydroxylation is 1. The molecule has 0 aliphatic heterocycles. The molecule has 0 bridgehead atoms. The quantitative estimate of drug-likeness (QED) is 0.677. The summed E-state index contributed by atoms with van der Waals surface area (Å²) in [6, 6.07) is 18.2. The van der Waals surface area contributed by atoms with Crippen molar-refractivity contribution < 1.29 is 4.79 Å². The van der Waals surface area contributed by atoms with Crippen molar-refractivity contribution in [2.24, 2.45) is 0 Å². The standard InChI is InChI=1S/C20H15N3O/c1-15-10-11-17(9-5-6-16(13-21)14-22)19(12-15)23-20(24)18-7-3-2-4-8-18/h2-12H,1H3,(H,23,24)/b9-5+. The number of hydrogen-bond donors (Lipinski definition) is 1. The predicted molar refractivity (Wildman–Crippen MR) is 93.9 cm³/mol. The van der Waals surface area contributed by atoms with E-state index in [0.717, 1.165) is 11.1 Å². The largest absolute Gasteiger partial charge is 0.321 e. The van der Waals surface area contributed by atoms with Crippen LogP contribution < -0.4 is 5.32 Å². The van der Waals surface area contributed by atoms with E-state index in [2.05, 4.69) is 5.32 Å². The van der Waals surface area contributed by atoms with Crippen LogP contribution in [-0.4, -0.2) is 5.91 Å². The molecule has 116 valence electrons. The second kappa shape index (κ2) is 8.12. The number of benzene rings is 2. The van der Waals surface area contributed by atoms with Crippen LogP contribution in [0, 0.1) is 29.6 Å². The van der Waals surface area contributed by atoms with E-state index in [-0.39, 0.29) is 11.5 Å². The topological polar surface area (TPSA) is 76.7 Å². The highest BCUT2D eigenvalue weighted by Gasteiger charge is 2.07. The second-order valence-corrected chi connectivity index (χ2v) is 5.07. The van der Waals surface area contributed by atoms with E-state index in [1.54, 1.807) is 36.4 Å². The van der Waals surface area contributed by atoms with E-state index in [0.29, 0.717) is 11.3 Å². The molecule has 1 N–H and O–H groups in total. The minimum Gasteiger partial charge on any atom is -0.321 e. The van der Waals surface area contributed by atoms with Crippen LogP contribution in [0.4, 0.5) is 5.69 Å². The molecular formula is C20H15N3O. The zero-order valence-corrected chi connectivity index (χ0v) is 13.2. The molecule has 2 rings (SSSR count). The van der Waals surface area contributed by atoms with Gasteiger partial charge in [0.25, 0.3) is 5.91 Å². The molecule has 0 saturated heterocycles. The minimum atomic E-state index is -0.193. The van der Waals surface area contributed by atoms with Crippen LogP contribution in [0.3, 0.4) is 0 Å². The lowest BCUT2D eigenvalue weighted by atomic mass is 10.1. The first-order valence-corrected chi connectivity index (χ1v) is 7.29. The van der Waals surface area contributed by atoms with Crippen molar-refractivity contribution in [3.05, 3.63) is 82.9 Å². The maximum Gasteiger partial charge on any atom is 0.255 e. The fraction of sp³-hybridized carbons (Fsp3) is 0.0500. The number of anilines is 1. The van der Waals surface area contributed by atoms with Gasteiger partial charge in [-0.1, -0.05) is 42.5 Å². The number of nitrogens with zero attached hydrogens (tertiary/aromatic N) is 2. The first-order valence-electron chi connectivity index (χ1n) is 7.29. The van der Waals surface area contributed by atoms with Gasteiger partial charge in [0.05, 0.1) is 0 Å². The summed E-state index contributed by atoms with van der Waals surface area (Å²) < 4.78 is 0. The van der Waals surface area contributed by atoms with Crippen LogP contribution in [0.25, 0.3) is 6.08 Å².